The molecule has 2 N–H and O–H groups in total. The summed E-state index contributed by atoms with van der Waals surface area (Å²) < 4.78 is 0. The molecule has 0 aromatic carbocycles. The Morgan fingerprint density at radius 3 is 2.47 bits per heavy atom. The number of rotatable bonds is 3. The SMILES string of the molecule is CCC1CCCN(C(=O)C2(CN)CCCCCC2)C1. The second-order valence-electron chi connectivity index (χ2n) is 6.57. The van der Waals surface area contributed by atoms with E-state index in [1.807, 2.05) is 0 Å². The Kier molecular flexibility index (Phi) is 5.26. The quantitative estimate of drug-likeness (QED) is 0.798. The molecule has 0 aromatic rings. The standard InChI is InChI=1S/C16H30N2O/c1-2-14-8-7-11-18(12-14)15(19)16(13-17)9-5-3-4-6-10-16/h14H,2-13,17H2,1H3. The summed E-state index contributed by atoms with van der Waals surface area (Å²) in [5.74, 6) is 1.08. The van der Waals surface area contributed by atoms with Crippen LogP contribution in [-0.4, -0.2) is 30.4 Å². The summed E-state index contributed by atoms with van der Waals surface area (Å²) in [6.45, 7) is 4.70. The molecular formula is C16H30N2O. The first-order chi connectivity index (χ1) is 9.22. The smallest absolute Gasteiger partial charge is 0.230 e. The summed E-state index contributed by atoms with van der Waals surface area (Å²) in [6, 6.07) is 0. The van der Waals surface area contributed by atoms with Crippen LogP contribution in [0.25, 0.3) is 0 Å². The molecule has 1 aliphatic carbocycles. The second-order valence-corrected chi connectivity index (χ2v) is 6.57. The molecule has 0 bridgehead atoms. The number of carbonyl (C=O) groups is 1. The van der Waals surface area contributed by atoms with Crippen molar-refractivity contribution in [3.63, 3.8) is 0 Å². The fourth-order valence-electron chi connectivity index (χ4n) is 3.83. The maximum Gasteiger partial charge on any atom is 0.230 e. The number of hydrogen-bond donors (Lipinski definition) is 1. The Balaban J connectivity index is 2.06. The van der Waals surface area contributed by atoms with Gasteiger partial charge in [0.15, 0.2) is 0 Å². The van der Waals surface area contributed by atoms with E-state index in [-0.39, 0.29) is 5.41 Å². The van der Waals surface area contributed by atoms with Gasteiger partial charge in [-0.15, -0.1) is 0 Å². The third-order valence-corrected chi connectivity index (χ3v) is 5.29. The number of amides is 1. The molecular weight excluding hydrogens is 236 g/mol. The van der Waals surface area contributed by atoms with Gasteiger partial charge in [0.25, 0.3) is 0 Å². The molecule has 2 rings (SSSR count). The predicted molar refractivity (Wildman–Crippen MR) is 78.8 cm³/mol. The van der Waals surface area contributed by atoms with Crippen LogP contribution in [0.4, 0.5) is 0 Å². The molecule has 0 aromatic heterocycles. The highest BCUT2D eigenvalue weighted by Crippen LogP contribution is 2.37. The highest BCUT2D eigenvalue weighted by atomic mass is 16.2. The minimum Gasteiger partial charge on any atom is -0.342 e. The number of carbonyl (C=O) groups excluding carboxylic acids is 1. The van der Waals surface area contributed by atoms with Crippen molar-refractivity contribution in [1.82, 2.24) is 4.90 Å². The molecule has 1 saturated carbocycles. The van der Waals surface area contributed by atoms with Crippen LogP contribution in [0.2, 0.25) is 0 Å². The van der Waals surface area contributed by atoms with Crippen LogP contribution >= 0.6 is 0 Å². The third-order valence-electron chi connectivity index (χ3n) is 5.29. The van der Waals surface area contributed by atoms with Gasteiger partial charge in [-0.3, -0.25) is 4.79 Å². The lowest BCUT2D eigenvalue weighted by molar-refractivity contribution is -0.144. The molecule has 3 heteroatoms. The summed E-state index contributed by atoms with van der Waals surface area (Å²) in [7, 11) is 0. The summed E-state index contributed by atoms with van der Waals surface area (Å²) in [4.78, 5) is 15.1. The topological polar surface area (TPSA) is 46.3 Å². The number of nitrogens with two attached hydrogens (primary N) is 1. The molecule has 1 atom stereocenters. The fourth-order valence-corrected chi connectivity index (χ4v) is 3.83. The van der Waals surface area contributed by atoms with E-state index in [0.29, 0.717) is 18.4 Å². The normalized spacial score (nSPS) is 27.9. The first kappa shape index (κ1) is 14.8. The van der Waals surface area contributed by atoms with Crippen molar-refractivity contribution in [2.75, 3.05) is 19.6 Å². The summed E-state index contributed by atoms with van der Waals surface area (Å²) >= 11 is 0. The van der Waals surface area contributed by atoms with Crippen molar-refractivity contribution in [3.05, 3.63) is 0 Å². The van der Waals surface area contributed by atoms with Crippen LogP contribution in [0.5, 0.6) is 0 Å². The van der Waals surface area contributed by atoms with Crippen molar-refractivity contribution in [3.8, 4) is 0 Å². The Bertz CT molecular complexity index is 295. The lowest BCUT2D eigenvalue weighted by Crippen LogP contribution is -2.51. The monoisotopic (exact) mass is 266 g/mol. The fraction of sp³-hybridized carbons (Fsp3) is 0.938. The van der Waals surface area contributed by atoms with E-state index >= 15 is 0 Å². The zero-order valence-electron chi connectivity index (χ0n) is 12.5. The van der Waals surface area contributed by atoms with Gasteiger partial charge in [-0.05, 0) is 31.6 Å². The van der Waals surface area contributed by atoms with Crippen LogP contribution < -0.4 is 5.73 Å². The molecule has 0 radical (unpaired) electrons. The molecule has 2 aliphatic rings. The average Bonchev–Trinajstić information content (AvgIpc) is 2.73. The van der Waals surface area contributed by atoms with Crippen LogP contribution in [0.3, 0.4) is 0 Å². The summed E-state index contributed by atoms with van der Waals surface area (Å²) in [5, 5.41) is 0. The number of hydrogen-bond acceptors (Lipinski definition) is 2. The van der Waals surface area contributed by atoms with Gasteiger partial charge in [0.1, 0.15) is 0 Å². The van der Waals surface area contributed by atoms with E-state index < -0.39 is 0 Å². The molecule has 110 valence electrons. The van der Waals surface area contributed by atoms with E-state index in [1.54, 1.807) is 0 Å². The largest absolute Gasteiger partial charge is 0.342 e. The predicted octanol–water partition coefficient (Wildman–Crippen LogP) is 2.93. The lowest BCUT2D eigenvalue weighted by atomic mass is 9.78. The van der Waals surface area contributed by atoms with Crippen molar-refractivity contribution < 1.29 is 4.79 Å². The molecule has 2 fully saturated rings. The van der Waals surface area contributed by atoms with Gasteiger partial charge >= 0.3 is 0 Å². The van der Waals surface area contributed by atoms with E-state index in [2.05, 4.69) is 11.8 Å². The molecule has 1 amide bonds. The van der Waals surface area contributed by atoms with E-state index in [1.165, 1.54) is 44.9 Å². The first-order valence-corrected chi connectivity index (χ1v) is 8.21. The minimum atomic E-state index is -0.230. The lowest BCUT2D eigenvalue weighted by Gasteiger charge is -2.40. The minimum absolute atomic E-state index is 0.230. The van der Waals surface area contributed by atoms with Crippen molar-refractivity contribution >= 4 is 5.91 Å². The Hall–Kier alpha value is -0.570. The van der Waals surface area contributed by atoms with Gasteiger partial charge < -0.3 is 10.6 Å². The van der Waals surface area contributed by atoms with Gasteiger partial charge in [-0.2, -0.15) is 0 Å². The van der Waals surface area contributed by atoms with Gasteiger partial charge in [0.05, 0.1) is 5.41 Å². The zero-order chi connectivity index (χ0) is 13.7. The first-order valence-electron chi connectivity index (χ1n) is 8.21. The van der Waals surface area contributed by atoms with Crippen molar-refractivity contribution in [1.29, 1.82) is 0 Å². The molecule has 19 heavy (non-hydrogen) atoms. The highest BCUT2D eigenvalue weighted by molar-refractivity contribution is 5.83. The van der Waals surface area contributed by atoms with Gasteiger partial charge in [0.2, 0.25) is 5.91 Å². The Morgan fingerprint density at radius 2 is 1.89 bits per heavy atom. The second kappa shape index (κ2) is 6.74. The maximum absolute atomic E-state index is 13.0. The van der Waals surface area contributed by atoms with Gasteiger partial charge in [-0.25, -0.2) is 0 Å². The van der Waals surface area contributed by atoms with Gasteiger partial charge in [0, 0.05) is 19.6 Å². The highest BCUT2D eigenvalue weighted by Gasteiger charge is 2.40. The summed E-state index contributed by atoms with van der Waals surface area (Å²) in [6.07, 6.45) is 10.6. The van der Waals surface area contributed by atoms with Crippen molar-refractivity contribution in [2.24, 2.45) is 17.1 Å². The number of nitrogens with zero attached hydrogens (tertiary/aromatic N) is 1. The maximum atomic E-state index is 13.0. The molecule has 0 spiro atoms. The van der Waals surface area contributed by atoms with E-state index in [4.69, 9.17) is 5.73 Å². The molecule has 1 heterocycles. The molecule has 1 unspecified atom stereocenters. The molecule has 1 saturated heterocycles. The Labute approximate surface area is 117 Å². The van der Waals surface area contributed by atoms with Gasteiger partial charge in [-0.1, -0.05) is 39.0 Å². The zero-order valence-corrected chi connectivity index (χ0v) is 12.5. The van der Waals surface area contributed by atoms with Crippen LogP contribution in [0.15, 0.2) is 0 Å². The third kappa shape index (κ3) is 3.31. The molecule has 1 aliphatic heterocycles. The van der Waals surface area contributed by atoms with E-state index in [9.17, 15) is 4.79 Å². The Morgan fingerprint density at radius 1 is 1.21 bits per heavy atom. The number of piperidine rings is 1. The average molecular weight is 266 g/mol. The van der Waals surface area contributed by atoms with Crippen LogP contribution in [-0.2, 0) is 4.79 Å². The number of likely N-dealkylation sites (tertiary alicyclic amines) is 1. The molecule has 3 nitrogen and oxygen atoms in total. The van der Waals surface area contributed by atoms with Crippen LogP contribution in [0, 0.1) is 11.3 Å². The summed E-state index contributed by atoms with van der Waals surface area (Å²) in [5.41, 5.74) is 5.80. The van der Waals surface area contributed by atoms with E-state index in [0.717, 1.165) is 25.9 Å². The van der Waals surface area contributed by atoms with Crippen molar-refractivity contribution in [2.45, 2.75) is 64.7 Å². The van der Waals surface area contributed by atoms with Crippen LogP contribution in [0.1, 0.15) is 64.7 Å².